The number of halogens is 1. The topological polar surface area (TPSA) is 55.4 Å². The summed E-state index contributed by atoms with van der Waals surface area (Å²) in [5.41, 5.74) is 1.67. The third-order valence-corrected chi connectivity index (χ3v) is 4.50. The normalized spacial score (nSPS) is 10.7. The largest absolute Gasteiger partial charge is 0.465 e. The molecule has 23 heavy (non-hydrogen) atoms. The second kappa shape index (κ2) is 7.62. The Morgan fingerprint density at radius 2 is 2.00 bits per heavy atom. The molecule has 1 aromatic carbocycles. The highest BCUT2D eigenvalue weighted by Crippen LogP contribution is 2.31. The molecular weight excluding hydrogens is 334 g/mol. The Morgan fingerprint density at radius 1 is 1.30 bits per heavy atom. The highest BCUT2D eigenvalue weighted by molar-refractivity contribution is 7.15. The van der Waals surface area contributed by atoms with Gasteiger partial charge in [0, 0.05) is 0 Å². The average molecular weight is 352 g/mol. The van der Waals surface area contributed by atoms with Gasteiger partial charge in [0.25, 0.3) is 5.91 Å². The molecule has 0 aliphatic heterocycles. The predicted octanol–water partition coefficient (Wildman–Crippen LogP) is 4.64. The van der Waals surface area contributed by atoms with Crippen molar-refractivity contribution in [3.8, 4) is 0 Å². The van der Waals surface area contributed by atoms with Crippen LogP contribution in [0.2, 0.25) is 5.02 Å². The standard InChI is InChI=1S/C17H18ClNO3S/c1-10(2)8-11-9-23-16(14(11)17(21)22-3)19-15(20)12-6-4-5-7-13(12)18/h4-7,9-10H,8H2,1-3H3,(H,19,20). The maximum atomic E-state index is 12.4. The van der Waals surface area contributed by atoms with E-state index in [1.54, 1.807) is 24.3 Å². The molecule has 1 aromatic heterocycles. The van der Waals surface area contributed by atoms with Crippen LogP contribution in [0.25, 0.3) is 0 Å². The van der Waals surface area contributed by atoms with Crippen molar-refractivity contribution in [2.45, 2.75) is 20.3 Å². The summed E-state index contributed by atoms with van der Waals surface area (Å²) in [6.07, 6.45) is 0.739. The van der Waals surface area contributed by atoms with E-state index in [4.69, 9.17) is 16.3 Å². The third-order valence-electron chi connectivity index (χ3n) is 3.23. The molecule has 0 spiro atoms. The summed E-state index contributed by atoms with van der Waals surface area (Å²) in [5, 5.41) is 5.50. The minimum atomic E-state index is -0.448. The Hall–Kier alpha value is -1.85. The van der Waals surface area contributed by atoms with Crippen molar-refractivity contribution >= 4 is 39.8 Å². The van der Waals surface area contributed by atoms with E-state index < -0.39 is 5.97 Å². The average Bonchev–Trinajstić information content (AvgIpc) is 2.88. The number of thiophene rings is 1. The molecule has 2 aromatic rings. The number of amides is 1. The molecule has 0 saturated carbocycles. The number of methoxy groups -OCH3 is 1. The van der Waals surface area contributed by atoms with Gasteiger partial charge in [0.15, 0.2) is 0 Å². The lowest BCUT2D eigenvalue weighted by Crippen LogP contribution is -2.15. The van der Waals surface area contributed by atoms with Gasteiger partial charge in [0.05, 0.1) is 23.3 Å². The molecule has 1 N–H and O–H groups in total. The van der Waals surface area contributed by atoms with Crippen LogP contribution in [0.5, 0.6) is 0 Å². The quantitative estimate of drug-likeness (QED) is 0.798. The first-order valence-corrected chi connectivity index (χ1v) is 8.44. The Labute approximate surface area is 144 Å². The minimum Gasteiger partial charge on any atom is -0.465 e. The Morgan fingerprint density at radius 3 is 2.61 bits per heavy atom. The molecular formula is C17H18ClNO3S. The summed E-state index contributed by atoms with van der Waals surface area (Å²) in [5.74, 6) is -0.407. The van der Waals surface area contributed by atoms with Gasteiger partial charge in [-0.2, -0.15) is 0 Å². The van der Waals surface area contributed by atoms with E-state index in [0.717, 1.165) is 12.0 Å². The van der Waals surface area contributed by atoms with Crippen molar-refractivity contribution in [2.75, 3.05) is 12.4 Å². The minimum absolute atomic E-state index is 0.348. The Balaban J connectivity index is 2.32. The highest BCUT2D eigenvalue weighted by atomic mass is 35.5. The Kier molecular flexibility index (Phi) is 5.80. The first kappa shape index (κ1) is 17.5. The third kappa shape index (κ3) is 4.12. The van der Waals surface area contributed by atoms with Gasteiger partial charge in [-0.25, -0.2) is 4.79 Å². The number of rotatable bonds is 5. The van der Waals surface area contributed by atoms with Crippen molar-refractivity contribution in [1.82, 2.24) is 0 Å². The number of benzene rings is 1. The van der Waals surface area contributed by atoms with Gasteiger partial charge in [-0.15, -0.1) is 11.3 Å². The van der Waals surface area contributed by atoms with E-state index in [9.17, 15) is 9.59 Å². The maximum Gasteiger partial charge on any atom is 0.341 e. The van der Waals surface area contributed by atoms with Gasteiger partial charge in [-0.05, 0) is 35.4 Å². The number of ether oxygens (including phenoxy) is 1. The van der Waals surface area contributed by atoms with E-state index >= 15 is 0 Å². The lowest BCUT2D eigenvalue weighted by molar-refractivity contribution is 0.0601. The number of hydrogen-bond acceptors (Lipinski definition) is 4. The van der Waals surface area contributed by atoms with Crippen LogP contribution < -0.4 is 5.32 Å². The summed E-state index contributed by atoms with van der Waals surface area (Å²) in [6, 6.07) is 6.78. The molecule has 0 aliphatic carbocycles. The molecule has 4 nitrogen and oxygen atoms in total. The van der Waals surface area contributed by atoms with Gasteiger partial charge in [-0.3, -0.25) is 4.79 Å². The second-order valence-corrected chi connectivity index (χ2v) is 6.78. The summed E-state index contributed by atoms with van der Waals surface area (Å²) in [4.78, 5) is 24.5. The smallest absolute Gasteiger partial charge is 0.341 e. The highest BCUT2D eigenvalue weighted by Gasteiger charge is 2.22. The number of hydrogen-bond donors (Lipinski definition) is 1. The number of nitrogens with one attached hydrogen (secondary N) is 1. The van der Waals surface area contributed by atoms with Crippen molar-refractivity contribution in [3.05, 3.63) is 51.4 Å². The summed E-state index contributed by atoms with van der Waals surface area (Å²) in [7, 11) is 1.33. The zero-order chi connectivity index (χ0) is 17.0. The van der Waals surface area contributed by atoms with E-state index in [1.807, 2.05) is 5.38 Å². The van der Waals surface area contributed by atoms with E-state index in [-0.39, 0.29) is 5.91 Å². The molecule has 122 valence electrons. The van der Waals surface area contributed by atoms with Crippen LogP contribution in [0.15, 0.2) is 29.6 Å². The van der Waals surface area contributed by atoms with E-state index in [1.165, 1.54) is 18.4 Å². The first-order chi connectivity index (χ1) is 10.9. The van der Waals surface area contributed by atoms with Gasteiger partial charge < -0.3 is 10.1 Å². The van der Waals surface area contributed by atoms with Crippen LogP contribution in [0.3, 0.4) is 0 Å². The number of anilines is 1. The number of esters is 1. The molecule has 0 radical (unpaired) electrons. The van der Waals surface area contributed by atoms with Gasteiger partial charge in [0.2, 0.25) is 0 Å². The first-order valence-electron chi connectivity index (χ1n) is 7.18. The summed E-state index contributed by atoms with van der Waals surface area (Å²) >= 11 is 7.35. The summed E-state index contributed by atoms with van der Waals surface area (Å²) in [6.45, 7) is 4.14. The zero-order valence-corrected chi connectivity index (χ0v) is 14.8. The van der Waals surface area contributed by atoms with Gasteiger partial charge in [0.1, 0.15) is 5.00 Å². The van der Waals surface area contributed by atoms with E-state index in [2.05, 4.69) is 19.2 Å². The van der Waals surface area contributed by atoms with Crippen LogP contribution in [-0.4, -0.2) is 19.0 Å². The molecule has 6 heteroatoms. The van der Waals surface area contributed by atoms with Crippen LogP contribution >= 0.6 is 22.9 Å². The molecule has 0 bridgehead atoms. The maximum absolute atomic E-state index is 12.4. The van der Waals surface area contributed by atoms with Crippen LogP contribution in [0.4, 0.5) is 5.00 Å². The lowest BCUT2D eigenvalue weighted by Gasteiger charge is -2.09. The van der Waals surface area contributed by atoms with Crippen LogP contribution in [-0.2, 0) is 11.2 Å². The lowest BCUT2D eigenvalue weighted by atomic mass is 10.0. The fourth-order valence-corrected chi connectivity index (χ4v) is 3.40. The molecule has 2 rings (SSSR count). The van der Waals surface area contributed by atoms with Gasteiger partial charge in [-0.1, -0.05) is 37.6 Å². The predicted molar refractivity (Wildman–Crippen MR) is 93.6 cm³/mol. The monoisotopic (exact) mass is 351 g/mol. The molecule has 0 atom stereocenters. The molecule has 0 unspecified atom stereocenters. The summed E-state index contributed by atoms with van der Waals surface area (Å²) < 4.78 is 4.86. The fourth-order valence-electron chi connectivity index (χ4n) is 2.22. The van der Waals surface area contributed by atoms with Crippen molar-refractivity contribution in [1.29, 1.82) is 0 Å². The number of carbonyl (C=O) groups excluding carboxylic acids is 2. The molecule has 0 fully saturated rings. The van der Waals surface area contributed by atoms with Crippen molar-refractivity contribution < 1.29 is 14.3 Å². The molecule has 0 saturated heterocycles. The van der Waals surface area contributed by atoms with Crippen LogP contribution in [0.1, 0.15) is 40.1 Å². The molecule has 1 heterocycles. The van der Waals surface area contributed by atoms with Gasteiger partial charge >= 0.3 is 5.97 Å². The fraction of sp³-hybridized carbons (Fsp3) is 0.294. The van der Waals surface area contributed by atoms with Crippen LogP contribution in [0, 0.1) is 5.92 Å². The van der Waals surface area contributed by atoms with Crippen molar-refractivity contribution in [2.24, 2.45) is 5.92 Å². The SMILES string of the molecule is COC(=O)c1c(CC(C)C)csc1NC(=O)c1ccccc1Cl. The molecule has 1 amide bonds. The zero-order valence-electron chi connectivity index (χ0n) is 13.2. The van der Waals surface area contributed by atoms with E-state index in [0.29, 0.717) is 27.1 Å². The second-order valence-electron chi connectivity index (χ2n) is 5.49. The molecule has 0 aliphatic rings. The van der Waals surface area contributed by atoms with Crippen molar-refractivity contribution in [3.63, 3.8) is 0 Å². The Bertz CT molecular complexity index is 724. The number of carbonyl (C=O) groups is 2.